The predicted molar refractivity (Wildman–Crippen MR) is 86.5 cm³/mol. The number of nitrogens with two attached hydrogens (primary N) is 1. The number of nitriles is 1. The van der Waals surface area contributed by atoms with Crippen molar-refractivity contribution in [2.75, 3.05) is 5.75 Å². The van der Waals surface area contributed by atoms with Gasteiger partial charge in [0.05, 0.1) is 5.75 Å². The van der Waals surface area contributed by atoms with Gasteiger partial charge < -0.3 is 4.57 Å². The molecule has 0 aliphatic rings. The molecule has 22 heavy (non-hydrogen) atoms. The summed E-state index contributed by atoms with van der Waals surface area (Å²) in [6.07, 6.45) is 2.19. The minimum absolute atomic E-state index is 0.0331. The van der Waals surface area contributed by atoms with Crippen LogP contribution in [-0.4, -0.2) is 18.7 Å². The molecule has 2 N–H and O–H groups in total. The second-order valence-corrected chi connectivity index (χ2v) is 7.03. The van der Waals surface area contributed by atoms with E-state index in [1.807, 2.05) is 41.9 Å². The summed E-state index contributed by atoms with van der Waals surface area (Å²) in [5, 5.41) is 14.0. The second kappa shape index (κ2) is 6.77. The molecule has 0 saturated heterocycles. The van der Waals surface area contributed by atoms with Gasteiger partial charge in [-0.2, -0.15) is 5.26 Å². The number of rotatable bonds is 6. The lowest BCUT2D eigenvalue weighted by atomic mass is 10.0. The number of aryl methyl sites for hydroxylation is 1. The third-order valence-electron chi connectivity index (χ3n) is 3.63. The van der Waals surface area contributed by atoms with Crippen LogP contribution in [0.15, 0.2) is 36.4 Å². The van der Waals surface area contributed by atoms with E-state index in [1.54, 1.807) is 6.07 Å². The van der Waals surface area contributed by atoms with Gasteiger partial charge in [-0.25, -0.2) is 13.6 Å². The maximum absolute atomic E-state index is 10.9. The number of hydrogen-bond donors (Lipinski definition) is 1. The Hall–Kier alpha value is -2.10. The van der Waals surface area contributed by atoms with Gasteiger partial charge in [-0.1, -0.05) is 24.3 Å². The fourth-order valence-corrected chi connectivity index (χ4v) is 2.99. The molecule has 2 rings (SSSR count). The van der Waals surface area contributed by atoms with Crippen molar-refractivity contribution in [3.63, 3.8) is 0 Å². The smallest absolute Gasteiger partial charge is 0.209 e. The van der Waals surface area contributed by atoms with E-state index < -0.39 is 10.0 Å². The topological polar surface area (TPSA) is 88.9 Å². The Balaban J connectivity index is 1.99. The van der Waals surface area contributed by atoms with Crippen LogP contribution in [0.3, 0.4) is 0 Å². The Morgan fingerprint density at radius 2 is 1.82 bits per heavy atom. The number of unbranched alkanes of at least 4 members (excludes halogenated alkanes) is 1. The highest BCUT2D eigenvalue weighted by Crippen LogP contribution is 2.22. The van der Waals surface area contributed by atoms with Gasteiger partial charge in [-0.15, -0.1) is 0 Å². The van der Waals surface area contributed by atoms with E-state index in [1.165, 1.54) is 0 Å². The van der Waals surface area contributed by atoms with E-state index in [0.29, 0.717) is 12.1 Å². The third kappa shape index (κ3) is 4.20. The predicted octanol–water partition coefficient (Wildman–Crippen LogP) is 2.17. The lowest BCUT2D eigenvalue weighted by Gasteiger charge is -2.06. The first-order valence-electron chi connectivity index (χ1n) is 7.06. The SMILES string of the molecule is Cn1c(C#N)ccc1-c1ccc(CCCCS(N)(=O)=O)cc1. The van der Waals surface area contributed by atoms with Gasteiger partial charge in [0.25, 0.3) is 0 Å². The van der Waals surface area contributed by atoms with Crippen LogP contribution in [0, 0.1) is 11.3 Å². The summed E-state index contributed by atoms with van der Waals surface area (Å²) in [4.78, 5) is 0. The number of sulfonamides is 1. The molecule has 1 aromatic heterocycles. The minimum Gasteiger partial charge on any atom is -0.335 e. The molecular weight excluding hydrogens is 298 g/mol. The maximum Gasteiger partial charge on any atom is 0.209 e. The molecule has 0 saturated carbocycles. The highest BCUT2D eigenvalue weighted by Gasteiger charge is 2.06. The first-order chi connectivity index (χ1) is 10.4. The van der Waals surface area contributed by atoms with Gasteiger partial charge >= 0.3 is 0 Å². The number of primary sulfonamides is 1. The minimum atomic E-state index is -3.36. The molecule has 0 amide bonds. The first kappa shape index (κ1) is 16.3. The van der Waals surface area contributed by atoms with Crippen LogP contribution in [0.1, 0.15) is 24.1 Å². The molecule has 0 spiro atoms. The van der Waals surface area contributed by atoms with Crippen LogP contribution in [0.25, 0.3) is 11.3 Å². The molecule has 1 aromatic carbocycles. The second-order valence-electron chi connectivity index (χ2n) is 5.30. The normalized spacial score (nSPS) is 11.3. The van der Waals surface area contributed by atoms with E-state index in [9.17, 15) is 8.42 Å². The summed E-state index contributed by atoms with van der Waals surface area (Å²) in [6, 6.07) is 14.0. The zero-order valence-corrected chi connectivity index (χ0v) is 13.3. The van der Waals surface area contributed by atoms with Crippen LogP contribution >= 0.6 is 0 Å². The molecule has 116 valence electrons. The first-order valence-corrected chi connectivity index (χ1v) is 8.78. The van der Waals surface area contributed by atoms with Crippen molar-refractivity contribution in [2.24, 2.45) is 12.2 Å². The van der Waals surface area contributed by atoms with Crippen LogP contribution in [0.4, 0.5) is 0 Å². The Bertz CT molecular complexity index is 784. The highest BCUT2D eigenvalue weighted by molar-refractivity contribution is 7.89. The Morgan fingerprint density at radius 3 is 2.36 bits per heavy atom. The average molecular weight is 317 g/mol. The van der Waals surface area contributed by atoms with Crippen molar-refractivity contribution >= 4 is 10.0 Å². The summed E-state index contributed by atoms with van der Waals surface area (Å²) >= 11 is 0. The fraction of sp³-hybridized carbons (Fsp3) is 0.312. The Morgan fingerprint density at radius 1 is 1.14 bits per heavy atom. The monoisotopic (exact) mass is 317 g/mol. The van der Waals surface area contributed by atoms with E-state index in [2.05, 4.69) is 6.07 Å². The van der Waals surface area contributed by atoms with Crippen LogP contribution in [-0.2, 0) is 23.5 Å². The van der Waals surface area contributed by atoms with Gasteiger partial charge in [0, 0.05) is 12.7 Å². The fourth-order valence-electron chi connectivity index (χ4n) is 2.39. The third-order valence-corrected chi connectivity index (χ3v) is 4.49. The number of nitrogens with zero attached hydrogens (tertiary/aromatic N) is 2. The average Bonchev–Trinajstić information content (AvgIpc) is 2.84. The van der Waals surface area contributed by atoms with Crippen molar-refractivity contribution < 1.29 is 8.42 Å². The molecule has 0 unspecified atom stereocenters. The molecule has 0 aliphatic heterocycles. The van der Waals surface area contributed by atoms with Gasteiger partial charge in [0.15, 0.2) is 0 Å². The summed E-state index contributed by atoms with van der Waals surface area (Å²) in [7, 11) is -1.49. The Labute approximate surface area is 131 Å². The van der Waals surface area contributed by atoms with Crippen LogP contribution in [0.2, 0.25) is 0 Å². The maximum atomic E-state index is 10.9. The van der Waals surface area contributed by atoms with Gasteiger partial charge in [-0.05, 0) is 42.5 Å². The number of benzene rings is 1. The highest BCUT2D eigenvalue weighted by atomic mass is 32.2. The van der Waals surface area contributed by atoms with Gasteiger partial charge in [0.1, 0.15) is 11.8 Å². The van der Waals surface area contributed by atoms with Crippen molar-refractivity contribution in [1.29, 1.82) is 5.26 Å². The van der Waals surface area contributed by atoms with Crippen molar-refractivity contribution in [3.05, 3.63) is 47.7 Å². The largest absolute Gasteiger partial charge is 0.335 e. The van der Waals surface area contributed by atoms with Crippen LogP contribution in [0.5, 0.6) is 0 Å². The van der Waals surface area contributed by atoms with Gasteiger partial charge in [0.2, 0.25) is 10.0 Å². The molecule has 6 heteroatoms. The summed E-state index contributed by atoms with van der Waals surface area (Å²) < 4.78 is 23.6. The van der Waals surface area contributed by atoms with Crippen molar-refractivity contribution in [3.8, 4) is 17.3 Å². The molecule has 0 atom stereocenters. The number of hydrogen-bond acceptors (Lipinski definition) is 3. The summed E-state index contributed by atoms with van der Waals surface area (Å²) in [5.74, 6) is 0.0331. The molecule has 5 nitrogen and oxygen atoms in total. The van der Waals surface area contributed by atoms with E-state index >= 15 is 0 Å². The van der Waals surface area contributed by atoms with E-state index in [0.717, 1.165) is 29.7 Å². The molecule has 1 heterocycles. The summed E-state index contributed by atoms with van der Waals surface area (Å²) in [6.45, 7) is 0. The Kier molecular flexibility index (Phi) is 5.01. The van der Waals surface area contributed by atoms with Gasteiger partial charge in [-0.3, -0.25) is 0 Å². The quantitative estimate of drug-likeness (QED) is 0.828. The van der Waals surface area contributed by atoms with E-state index in [-0.39, 0.29) is 5.75 Å². The van der Waals surface area contributed by atoms with Crippen LogP contribution < -0.4 is 5.14 Å². The lowest BCUT2D eigenvalue weighted by Crippen LogP contribution is -2.16. The zero-order valence-electron chi connectivity index (χ0n) is 12.5. The molecule has 0 bridgehead atoms. The molecule has 0 aliphatic carbocycles. The summed E-state index contributed by atoms with van der Waals surface area (Å²) in [5.41, 5.74) is 3.84. The van der Waals surface area contributed by atoms with Crippen molar-refractivity contribution in [1.82, 2.24) is 4.57 Å². The van der Waals surface area contributed by atoms with E-state index in [4.69, 9.17) is 10.4 Å². The lowest BCUT2D eigenvalue weighted by molar-refractivity contribution is 0.593. The molecular formula is C16H19N3O2S. The molecule has 0 fully saturated rings. The number of aromatic nitrogens is 1. The molecule has 0 radical (unpaired) electrons. The standard InChI is InChI=1S/C16H19N3O2S/c1-19-15(12-17)9-10-16(19)14-7-5-13(6-8-14)4-2-3-11-22(18,20)21/h5-10H,2-4,11H2,1H3,(H2,18,20,21). The molecule has 2 aromatic rings. The zero-order chi connectivity index (χ0) is 16.2. The van der Waals surface area contributed by atoms with Crippen molar-refractivity contribution in [2.45, 2.75) is 19.3 Å².